The van der Waals surface area contributed by atoms with Gasteiger partial charge in [-0.15, -0.1) is 0 Å². The number of fused-ring (bicyclic) bond motifs is 1. The predicted molar refractivity (Wildman–Crippen MR) is 130 cm³/mol. The molecule has 2 fully saturated rings. The molecular formula is C25H32N6O. The van der Waals surface area contributed by atoms with Crippen LogP contribution in [0.4, 0.5) is 11.5 Å². The average molecular weight is 433 g/mol. The second-order valence-electron chi connectivity index (χ2n) is 8.64. The molecule has 3 heterocycles. The molecule has 2 saturated heterocycles. The van der Waals surface area contributed by atoms with Crippen LogP contribution in [0.2, 0.25) is 0 Å². The summed E-state index contributed by atoms with van der Waals surface area (Å²) < 4.78 is 5.45. The van der Waals surface area contributed by atoms with Gasteiger partial charge < -0.3 is 19.9 Å². The van der Waals surface area contributed by atoms with Crippen LogP contribution in [0.1, 0.15) is 0 Å². The molecule has 3 aromatic rings. The van der Waals surface area contributed by atoms with Crippen LogP contribution in [0.3, 0.4) is 0 Å². The van der Waals surface area contributed by atoms with E-state index >= 15 is 0 Å². The number of piperazine rings is 1. The van der Waals surface area contributed by atoms with Gasteiger partial charge in [0.2, 0.25) is 0 Å². The maximum atomic E-state index is 5.45. The van der Waals surface area contributed by atoms with Crippen molar-refractivity contribution in [2.24, 2.45) is 0 Å². The standard InChI is InChI=1S/C25H32N6O/c1-29-11-13-31(14-12-29)25-22-19-21(26-9-10-30-15-17-32-18-16-30)7-8-23(22)27-24(28-25)20-5-3-2-4-6-20/h2-8,19,26H,9-18H2,1H3. The van der Waals surface area contributed by atoms with Gasteiger partial charge in [0.15, 0.2) is 5.82 Å². The smallest absolute Gasteiger partial charge is 0.162 e. The molecular weight excluding hydrogens is 400 g/mol. The predicted octanol–water partition coefficient (Wildman–Crippen LogP) is 2.79. The number of hydrogen-bond donors (Lipinski definition) is 1. The first-order valence-electron chi connectivity index (χ1n) is 11.6. The lowest BCUT2D eigenvalue weighted by atomic mass is 10.1. The Morgan fingerprint density at radius 2 is 1.69 bits per heavy atom. The second-order valence-corrected chi connectivity index (χ2v) is 8.64. The van der Waals surface area contributed by atoms with Crippen LogP contribution < -0.4 is 10.2 Å². The number of likely N-dealkylation sites (N-methyl/N-ethyl adjacent to an activating group) is 1. The number of ether oxygens (including phenoxy) is 1. The number of hydrogen-bond acceptors (Lipinski definition) is 7. The molecule has 0 radical (unpaired) electrons. The van der Waals surface area contributed by atoms with Gasteiger partial charge in [-0.3, -0.25) is 4.90 Å². The molecule has 0 saturated carbocycles. The van der Waals surface area contributed by atoms with E-state index in [0.717, 1.165) is 99.4 Å². The van der Waals surface area contributed by atoms with Crippen molar-refractivity contribution in [3.8, 4) is 11.4 Å². The van der Waals surface area contributed by atoms with Crippen molar-refractivity contribution in [3.05, 3.63) is 48.5 Å². The van der Waals surface area contributed by atoms with E-state index in [1.54, 1.807) is 0 Å². The number of anilines is 2. The molecule has 1 aromatic heterocycles. The zero-order chi connectivity index (χ0) is 21.8. The normalized spacial score (nSPS) is 18.2. The first kappa shape index (κ1) is 21.1. The molecule has 2 aromatic carbocycles. The van der Waals surface area contributed by atoms with Crippen LogP contribution >= 0.6 is 0 Å². The third-order valence-corrected chi connectivity index (χ3v) is 6.37. The van der Waals surface area contributed by atoms with Crippen LogP contribution in [0.5, 0.6) is 0 Å². The van der Waals surface area contributed by atoms with E-state index in [9.17, 15) is 0 Å². The van der Waals surface area contributed by atoms with E-state index in [1.165, 1.54) is 0 Å². The molecule has 168 valence electrons. The Bertz CT molecular complexity index is 1030. The largest absolute Gasteiger partial charge is 0.384 e. The summed E-state index contributed by atoms with van der Waals surface area (Å²) in [5.74, 6) is 1.83. The highest BCUT2D eigenvalue weighted by Gasteiger charge is 2.20. The van der Waals surface area contributed by atoms with E-state index in [2.05, 4.69) is 57.4 Å². The molecule has 0 amide bonds. The van der Waals surface area contributed by atoms with Crippen LogP contribution in [-0.2, 0) is 4.74 Å². The van der Waals surface area contributed by atoms with Crippen molar-refractivity contribution >= 4 is 22.4 Å². The highest BCUT2D eigenvalue weighted by atomic mass is 16.5. The number of benzene rings is 2. The van der Waals surface area contributed by atoms with Gasteiger partial charge in [0.05, 0.1) is 18.7 Å². The Balaban J connectivity index is 1.42. The third kappa shape index (κ3) is 4.85. The van der Waals surface area contributed by atoms with Crippen molar-refractivity contribution < 1.29 is 4.74 Å². The SMILES string of the molecule is CN1CCN(c2nc(-c3ccccc3)nc3ccc(NCCN4CCOCC4)cc23)CC1. The zero-order valence-corrected chi connectivity index (χ0v) is 18.8. The van der Waals surface area contributed by atoms with E-state index in [4.69, 9.17) is 14.7 Å². The Morgan fingerprint density at radius 3 is 2.47 bits per heavy atom. The van der Waals surface area contributed by atoms with Gasteiger partial charge in [0, 0.05) is 69.0 Å². The number of aromatic nitrogens is 2. The lowest BCUT2D eigenvalue weighted by Crippen LogP contribution is -2.45. The summed E-state index contributed by atoms with van der Waals surface area (Å²) in [6.07, 6.45) is 0. The van der Waals surface area contributed by atoms with Gasteiger partial charge in [-0.1, -0.05) is 30.3 Å². The molecule has 0 atom stereocenters. The zero-order valence-electron chi connectivity index (χ0n) is 18.8. The molecule has 7 nitrogen and oxygen atoms in total. The first-order chi connectivity index (χ1) is 15.8. The van der Waals surface area contributed by atoms with Gasteiger partial charge in [-0.25, -0.2) is 9.97 Å². The number of rotatable bonds is 6. The van der Waals surface area contributed by atoms with Crippen LogP contribution in [-0.4, -0.2) is 92.4 Å². The van der Waals surface area contributed by atoms with E-state index in [0.29, 0.717) is 0 Å². The Hall–Kier alpha value is -2.74. The fourth-order valence-corrected chi connectivity index (χ4v) is 4.38. The van der Waals surface area contributed by atoms with E-state index in [1.807, 2.05) is 18.2 Å². The maximum absolute atomic E-state index is 5.45. The van der Waals surface area contributed by atoms with Crippen molar-refractivity contribution in [1.82, 2.24) is 19.8 Å². The molecule has 0 spiro atoms. The van der Waals surface area contributed by atoms with Crippen molar-refractivity contribution in [1.29, 1.82) is 0 Å². The van der Waals surface area contributed by atoms with Gasteiger partial charge in [0.1, 0.15) is 5.82 Å². The van der Waals surface area contributed by atoms with Crippen LogP contribution in [0, 0.1) is 0 Å². The Kier molecular flexibility index (Phi) is 6.48. The third-order valence-electron chi connectivity index (χ3n) is 6.37. The summed E-state index contributed by atoms with van der Waals surface area (Å²) in [5, 5.41) is 4.72. The molecule has 32 heavy (non-hydrogen) atoms. The van der Waals surface area contributed by atoms with Gasteiger partial charge in [0.25, 0.3) is 0 Å². The minimum atomic E-state index is 0.792. The highest BCUT2D eigenvalue weighted by Crippen LogP contribution is 2.30. The molecule has 1 N–H and O–H groups in total. The summed E-state index contributed by atoms with van der Waals surface area (Å²) in [6, 6.07) is 16.8. The fraction of sp³-hybridized carbons (Fsp3) is 0.440. The molecule has 0 unspecified atom stereocenters. The topological polar surface area (TPSA) is 56.8 Å². The monoisotopic (exact) mass is 432 g/mol. The average Bonchev–Trinajstić information content (AvgIpc) is 2.85. The molecule has 0 aliphatic carbocycles. The number of nitrogens with one attached hydrogen (secondary N) is 1. The summed E-state index contributed by atoms with van der Waals surface area (Å²) in [5.41, 5.74) is 3.17. The van der Waals surface area contributed by atoms with Gasteiger partial charge in [-0.2, -0.15) is 0 Å². The second kappa shape index (κ2) is 9.81. The summed E-state index contributed by atoms with van der Waals surface area (Å²) in [6.45, 7) is 9.70. The Morgan fingerprint density at radius 1 is 0.906 bits per heavy atom. The molecule has 5 rings (SSSR count). The number of nitrogens with zero attached hydrogens (tertiary/aromatic N) is 5. The lowest BCUT2D eigenvalue weighted by molar-refractivity contribution is 0.0398. The molecule has 2 aliphatic heterocycles. The highest BCUT2D eigenvalue weighted by molar-refractivity contribution is 5.93. The quantitative estimate of drug-likeness (QED) is 0.643. The molecule has 0 bridgehead atoms. The summed E-state index contributed by atoms with van der Waals surface area (Å²) >= 11 is 0. The summed E-state index contributed by atoms with van der Waals surface area (Å²) in [4.78, 5) is 17.2. The minimum Gasteiger partial charge on any atom is -0.384 e. The van der Waals surface area contributed by atoms with E-state index < -0.39 is 0 Å². The van der Waals surface area contributed by atoms with Crippen molar-refractivity contribution in [2.45, 2.75) is 0 Å². The van der Waals surface area contributed by atoms with E-state index in [-0.39, 0.29) is 0 Å². The lowest BCUT2D eigenvalue weighted by Gasteiger charge is -2.34. The van der Waals surface area contributed by atoms with Crippen LogP contribution in [0.25, 0.3) is 22.3 Å². The van der Waals surface area contributed by atoms with Gasteiger partial charge in [-0.05, 0) is 25.2 Å². The van der Waals surface area contributed by atoms with Gasteiger partial charge >= 0.3 is 0 Å². The number of morpholine rings is 1. The summed E-state index contributed by atoms with van der Waals surface area (Å²) in [7, 11) is 2.18. The van der Waals surface area contributed by atoms with Crippen LogP contribution in [0.15, 0.2) is 48.5 Å². The fourth-order valence-electron chi connectivity index (χ4n) is 4.38. The Labute approximate surface area is 190 Å². The minimum absolute atomic E-state index is 0.792. The van der Waals surface area contributed by atoms with Crippen molar-refractivity contribution in [3.63, 3.8) is 0 Å². The van der Waals surface area contributed by atoms with Crippen molar-refractivity contribution in [2.75, 3.05) is 82.8 Å². The maximum Gasteiger partial charge on any atom is 0.162 e. The first-order valence-corrected chi connectivity index (χ1v) is 11.6. The molecule has 2 aliphatic rings. The molecule has 7 heteroatoms.